The van der Waals surface area contributed by atoms with Gasteiger partial charge in [0.1, 0.15) is 13.4 Å². The Morgan fingerprint density at radius 2 is 1.67 bits per heavy atom. The summed E-state index contributed by atoms with van der Waals surface area (Å²) in [6.07, 6.45) is 2.15. The molecule has 1 aliphatic heterocycles. The first kappa shape index (κ1) is 27.3. The largest absolute Gasteiger partial charge is 0.444 e. The van der Waals surface area contributed by atoms with Gasteiger partial charge in [0.15, 0.2) is 0 Å². The highest BCUT2D eigenvalue weighted by Gasteiger charge is 2.44. The van der Waals surface area contributed by atoms with Gasteiger partial charge in [-0.05, 0) is 80.8 Å². The van der Waals surface area contributed by atoms with Crippen molar-refractivity contribution < 1.29 is 14.3 Å². The SMILES string of the molecule is [B]c1cc(N(C(=O)[C@H]2CN(C(=O)OC(C)(C)C)CC[C@@H]2c2cccc(-c3ccccc3)c2)C2CC2)ccc1Cl. The van der Waals surface area contributed by atoms with Crippen molar-refractivity contribution in [3.8, 4) is 11.1 Å². The number of carbonyl (C=O) groups is 2. The summed E-state index contributed by atoms with van der Waals surface area (Å²) in [5, 5.41) is 0.464. The number of anilines is 1. The second-order valence-electron chi connectivity index (χ2n) is 11.6. The minimum absolute atomic E-state index is 0.00240. The van der Waals surface area contributed by atoms with E-state index in [2.05, 4.69) is 36.4 Å². The van der Waals surface area contributed by atoms with E-state index in [0.29, 0.717) is 30.0 Å². The van der Waals surface area contributed by atoms with E-state index in [1.54, 1.807) is 17.0 Å². The molecule has 1 aliphatic carbocycles. The van der Waals surface area contributed by atoms with Crippen molar-refractivity contribution in [3.63, 3.8) is 0 Å². The zero-order valence-corrected chi connectivity index (χ0v) is 23.5. The highest BCUT2D eigenvalue weighted by molar-refractivity contribution is 6.45. The molecule has 0 aromatic heterocycles. The third-order valence-electron chi connectivity index (χ3n) is 7.41. The van der Waals surface area contributed by atoms with Crippen LogP contribution in [0.3, 0.4) is 0 Å². The van der Waals surface area contributed by atoms with Crippen LogP contribution in [-0.4, -0.2) is 49.5 Å². The molecular formula is C32H34BClN2O3. The molecule has 5 rings (SSSR count). The van der Waals surface area contributed by atoms with Crippen LogP contribution in [-0.2, 0) is 9.53 Å². The predicted molar refractivity (Wildman–Crippen MR) is 158 cm³/mol. The molecule has 2 aliphatic rings. The minimum atomic E-state index is -0.613. The van der Waals surface area contributed by atoms with Crippen molar-refractivity contribution in [2.45, 2.75) is 57.6 Å². The predicted octanol–water partition coefficient (Wildman–Crippen LogP) is 6.34. The maximum absolute atomic E-state index is 14.4. The van der Waals surface area contributed by atoms with Crippen LogP contribution in [0, 0.1) is 5.92 Å². The second kappa shape index (κ2) is 11.1. The first-order valence-corrected chi connectivity index (χ1v) is 14.0. The van der Waals surface area contributed by atoms with Crippen molar-refractivity contribution in [3.05, 3.63) is 83.4 Å². The molecule has 1 heterocycles. The summed E-state index contributed by atoms with van der Waals surface area (Å²) < 4.78 is 5.69. The molecule has 5 nitrogen and oxygen atoms in total. The van der Waals surface area contributed by atoms with Gasteiger partial charge in [-0.3, -0.25) is 4.79 Å². The van der Waals surface area contributed by atoms with Crippen LogP contribution in [0.2, 0.25) is 5.02 Å². The van der Waals surface area contributed by atoms with Gasteiger partial charge in [0, 0.05) is 29.8 Å². The van der Waals surface area contributed by atoms with Crippen LogP contribution >= 0.6 is 11.6 Å². The van der Waals surface area contributed by atoms with Crippen LogP contribution in [0.25, 0.3) is 11.1 Å². The molecule has 7 heteroatoms. The standard InChI is InChI=1S/C32H34BClN2O3/c1-32(2,3)39-31(38)35-17-16-26(23-11-7-10-22(18-23)21-8-5-4-6-9-21)27(20-35)30(37)36(24-12-13-24)25-14-15-29(34)28(33)19-25/h4-11,14-15,18-19,24,26-27H,12-13,16-17,20H2,1-3H3/t26-,27+/m1/s1. The molecule has 39 heavy (non-hydrogen) atoms. The molecule has 1 saturated heterocycles. The third kappa shape index (κ3) is 6.33. The van der Waals surface area contributed by atoms with E-state index in [9.17, 15) is 9.59 Å². The van der Waals surface area contributed by atoms with E-state index in [-0.39, 0.29) is 24.0 Å². The van der Waals surface area contributed by atoms with Crippen molar-refractivity contribution in [2.24, 2.45) is 5.92 Å². The molecule has 0 unspecified atom stereocenters. The first-order chi connectivity index (χ1) is 18.6. The first-order valence-electron chi connectivity index (χ1n) is 13.6. The van der Waals surface area contributed by atoms with Crippen molar-refractivity contribution in [1.82, 2.24) is 4.90 Å². The molecule has 0 spiro atoms. The fraction of sp³-hybridized carbons (Fsp3) is 0.375. The van der Waals surface area contributed by atoms with Gasteiger partial charge in [-0.1, -0.05) is 71.7 Å². The summed E-state index contributed by atoms with van der Waals surface area (Å²) in [4.78, 5) is 31.1. The van der Waals surface area contributed by atoms with E-state index < -0.39 is 11.5 Å². The number of amides is 2. The van der Waals surface area contributed by atoms with Crippen molar-refractivity contribution in [2.75, 3.05) is 18.0 Å². The summed E-state index contributed by atoms with van der Waals surface area (Å²) in [5.41, 5.74) is 3.92. The number of ether oxygens (including phenoxy) is 1. The second-order valence-corrected chi connectivity index (χ2v) is 12.0. The fourth-order valence-corrected chi connectivity index (χ4v) is 5.50. The van der Waals surface area contributed by atoms with E-state index in [0.717, 1.165) is 35.2 Å². The smallest absolute Gasteiger partial charge is 0.410 e. The Morgan fingerprint density at radius 1 is 0.949 bits per heavy atom. The van der Waals surface area contributed by atoms with E-state index in [1.807, 2.05) is 49.9 Å². The lowest BCUT2D eigenvalue weighted by atomic mass is 9.78. The maximum atomic E-state index is 14.4. The van der Waals surface area contributed by atoms with Gasteiger partial charge in [-0.15, -0.1) is 0 Å². The Labute approximate surface area is 237 Å². The van der Waals surface area contributed by atoms with Crippen LogP contribution in [0.4, 0.5) is 10.5 Å². The summed E-state index contributed by atoms with van der Waals surface area (Å²) in [6.45, 7) is 6.38. The molecule has 2 fully saturated rings. The van der Waals surface area contributed by atoms with Gasteiger partial charge in [-0.25, -0.2) is 4.79 Å². The Morgan fingerprint density at radius 3 is 2.33 bits per heavy atom. The molecule has 2 amide bonds. The normalized spacial score (nSPS) is 19.4. The summed E-state index contributed by atoms with van der Waals surface area (Å²) in [6, 6.07) is 24.2. The number of halogens is 1. The number of hydrogen-bond acceptors (Lipinski definition) is 3. The van der Waals surface area contributed by atoms with Gasteiger partial charge >= 0.3 is 6.09 Å². The van der Waals surface area contributed by atoms with Gasteiger partial charge in [0.05, 0.1) is 5.92 Å². The lowest BCUT2D eigenvalue weighted by molar-refractivity contribution is -0.124. The van der Waals surface area contributed by atoms with Gasteiger partial charge in [0.25, 0.3) is 0 Å². The number of nitrogens with zero attached hydrogens (tertiary/aromatic N) is 2. The van der Waals surface area contributed by atoms with Crippen LogP contribution in [0.5, 0.6) is 0 Å². The topological polar surface area (TPSA) is 49.9 Å². The highest BCUT2D eigenvalue weighted by Crippen LogP contribution is 2.40. The molecule has 2 atom stereocenters. The van der Waals surface area contributed by atoms with Crippen molar-refractivity contribution in [1.29, 1.82) is 0 Å². The molecule has 200 valence electrons. The van der Waals surface area contributed by atoms with Gasteiger partial charge in [-0.2, -0.15) is 0 Å². The molecule has 0 bridgehead atoms. The highest BCUT2D eigenvalue weighted by atomic mass is 35.5. The Balaban J connectivity index is 1.50. The Kier molecular flexibility index (Phi) is 7.77. The van der Waals surface area contributed by atoms with Crippen LogP contribution in [0.15, 0.2) is 72.8 Å². The van der Waals surface area contributed by atoms with Crippen molar-refractivity contribution >= 4 is 42.6 Å². The summed E-state index contributed by atoms with van der Waals surface area (Å²) in [5.74, 6) is -0.483. The number of carbonyl (C=O) groups excluding carboxylic acids is 2. The molecule has 3 aromatic carbocycles. The number of piperidine rings is 1. The monoisotopic (exact) mass is 540 g/mol. The van der Waals surface area contributed by atoms with Crippen LogP contribution in [0.1, 0.15) is 51.5 Å². The number of benzene rings is 3. The average molecular weight is 541 g/mol. The zero-order valence-electron chi connectivity index (χ0n) is 22.8. The van der Waals surface area contributed by atoms with E-state index in [4.69, 9.17) is 24.2 Å². The lowest BCUT2D eigenvalue weighted by Gasteiger charge is -2.40. The molecule has 3 aromatic rings. The third-order valence-corrected chi connectivity index (χ3v) is 7.76. The number of likely N-dealkylation sites (tertiary alicyclic amines) is 1. The quantitative estimate of drug-likeness (QED) is 0.355. The Bertz CT molecular complexity index is 1350. The molecule has 0 N–H and O–H groups in total. The van der Waals surface area contributed by atoms with Gasteiger partial charge in [0.2, 0.25) is 5.91 Å². The summed E-state index contributed by atoms with van der Waals surface area (Å²) >= 11 is 6.20. The summed E-state index contributed by atoms with van der Waals surface area (Å²) in [7, 11) is 6.13. The average Bonchev–Trinajstić information content (AvgIpc) is 3.75. The molecule has 2 radical (unpaired) electrons. The van der Waals surface area contributed by atoms with Gasteiger partial charge < -0.3 is 14.5 Å². The fourth-order valence-electron chi connectivity index (χ4n) is 5.38. The number of rotatable bonds is 5. The number of hydrogen-bond donors (Lipinski definition) is 0. The minimum Gasteiger partial charge on any atom is -0.444 e. The van der Waals surface area contributed by atoms with E-state index in [1.165, 1.54) is 0 Å². The molecular weight excluding hydrogens is 507 g/mol. The van der Waals surface area contributed by atoms with E-state index >= 15 is 0 Å². The maximum Gasteiger partial charge on any atom is 0.410 e. The Hall–Kier alpha value is -3.25. The molecule has 1 saturated carbocycles. The van der Waals surface area contributed by atoms with Crippen LogP contribution < -0.4 is 10.4 Å². The zero-order chi connectivity index (χ0) is 27.7. The lowest BCUT2D eigenvalue weighted by Crippen LogP contribution is -2.51.